The SMILES string of the molecule is COC(=O)C(CCSC1=CC(=O)NC1=O)NC(=O)OC(C)(C)C. The van der Waals surface area contributed by atoms with Gasteiger partial charge in [-0.3, -0.25) is 14.9 Å². The molecule has 0 radical (unpaired) electrons. The number of amides is 3. The topological polar surface area (TPSA) is 111 Å². The van der Waals surface area contributed by atoms with E-state index in [1.54, 1.807) is 20.8 Å². The minimum Gasteiger partial charge on any atom is -0.467 e. The molecule has 0 saturated carbocycles. The summed E-state index contributed by atoms with van der Waals surface area (Å²) >= 11 is 1.12. The van der Waals surface area contributed by atoms with Crippen LogP contribution in [0.3, 0.4) is 0 Å². The van der Waals surface area contributed by atoms with Crippen molar-refractivity contribution in [2.75, 3.05) is 12.9 Å². The van der Waals surface area contributed by atoms with Crippen molar-refractivity contribution in [2.45, 2.75) is 38.8 Å². The molecule has 9 heteroatoms. The van der Waals surface area contributed by atoms with Gasteiger partial charge in [-0.2, -0.15) is 0 Å². The van der Waals surface area contributed by atoms with Crippen molar-refractivity contribution in [2.24, 2.45) is 0 Å². The second-order valence-electron chi connectivity index (χ2n) is 5.69. The number of thioether (sulfide) groups is 1. The van der Waals surface area contributed by atoms with Crippen molar-refractivity contribution in [1.82, 2.24) is 10.6 Å². The van der Waals surface area contributed by atoms with E-state index in [9.17, 15) is 19.2 Å². The van der Waals surface area contributed by atoms with E-state index in [0.29, 0.717) is 5.75 Å². The molecule has 1 rings (SSSR count). The molecule has 0 aromatic rings. The minimum absolute atomic E-state index is 0.218. The predicted octanol–water partition coefficient (Wildman–Crippen LogP) is 0.716. The first kappa shape index (κ1) is 19.0. The van der Waals surface area contributed by atoms with Gasteiger partial charge in [-0.05, 0) is 27.2 Å². The fourth-order valence-corrected chi connectivity index (χ4v) is 2.58. The number of nitrogens with one attached hydrogen (secondary N) is 2. The molecule has 1 heterocycles. The van der Waals surface area contributed by atoms with E-state index in [4.69, 9.17) is 4.74 Å². The van der Waals surface area contributed by atoms with Gasteiger partial charge in [0.1, 0.15) is 11.6 Å². The lowest BCUT2D eigenvalue weighted by Crippen LogP contribution is -2.44. The third kappa shape index (κ3) is 6.72. The predicted molar refractivity (Wildman–Crippen MR) is 83.5 cm³/mol. The van der Waals surface area contributed by atoms with Gasteiger partial charge in [-0.1, -0.05) is 0 Å². The minimum atomic E-state index is -0.900. The van der Waals surface area contributed by atoms with Crippen LogP contribution in [0.1, 0.15) is 27.2 Å². The van der Waals surface area contributed by atoms with Crippen LogP contribution in [0.2, 0.25) is 0 Å². The molecule has 0 bridgehead atoms. The van der Waals surface area contributed by atoms with Gasteiger partial charge in [-0.25, -0.2) is 9.59 Å². The maximum Gasteiger partial charge on any atom is 0.408 e. The zero-order valence-corrected chi connectivity index (χ0v) is 14.2. The van der Waals surface area contributed by atoms with Gasteiger partial charge in [0, 0.05) is 11.8 Å². The molecule has 8 nitrogen and oxygen atoms in total. The van der Waals surface area contributed by atoms with Crippen LogP contribution in [-0.2, 0) is 23.9 Å². The third-order valence-corrected chi connectivity index (χ3v) is 3.62. The highest BCUT2D eigenvalue weighted by Crippen LogP contribution is 2.20. The quantitative estimate of drug-likeness (QED) is 0.539. The Bertz CT molecular complexity index is 538. The van der Waals surface area contributed by atoms with Gasteiger partial charge in [0.15, 0.2) is 0 Å². The van der Waals surface area contributed by atoms with Crippen molar-refractivity contribution in [3.63, 3.8) is 0 Å². The fraction of sp³-hybridized carbons (Fsp3) is 0.571. The largest absolute Gasteiger partial charge is 0.467 e. The molecule has 0 aliphatic carbocycles. The van der Waals surface area contributed by atoms with Crippen molar-refractivity contribution in [3.05, 3.63) is 11.0 Å². The van der Waals surface area contributed by atoms with Crippen LogP contribution in [0.15, 0.2) is 11.0 Å². The summed E-state index contributed by atoms with van der Waals surface area (Å²) in [6.45, 7) is 5.12. The first-order valence-electron chi connectivity index (χ1n) is 6.89. The van der Waals surface area contributed by atoms with Gasteiger partial charge in [0.05, 0.1) is 12.0 Å². The molecular formula is C14H20N2O6S. The standard InChI is InChI=1S/C14H20N2O6S/c1-14(2,3)22-13(20)15-8(12(19)21-4)5-6-23-9-7-10(17)16-11(9)18/h7-8H,5-6H2,1-4H3,(H,15,20)(H,16,17,18). The lowest BCUT2D eigenvalue weighted by atomic mass is 10.2. The summed E-state index contributed by atoms with van der Waals surface area (Å²) in [4.78, 5) is 46.1. The summed E-state index contributed by atoms with van der Waals surface area (Å²) in [6.07, 6.45) is 0.683. The maximum atomic E-state index is 11.7. The zero-order valence-electron chi connectivity index (χ0n) is 13.4. The second-order valence-corrected chi connectivity index (χ2v) is 6.82. The van der Waals surface area contributed by atoms with E-state index in [0.717, 1.165) is 11.8 Å². The molecular weight excluding hydrogens is 324 g/mol. The van der Waals surface area contributed by atoms with E-state index < -0.39 is 35.5 Å². The van der Waals surface area contributed by atoms with Gasteiger partial charge in [0.25, 0.3) is 11.8 Å². The Balaban J connectivity index is 2.53. The molecule has 0 aromatic carbocycles. The number of hydrogen-bond donors (Lipinski definition) is 2. The maximum absolute atomic E-state index is 11.7. The van der Waals surface area contributed by atoms with Crippen molar-refractivity contribution < 1.29 is 28.7 Å². The van der Waals surface area contributed by atoms with Crippen LogP contribution < -0.4 is 10.6 Å². The molecule has 0 spiro atoms. The number of hydrogen-bond acceptors (Lipinski definition) is 7. The number of esters is 1. The number of alkyl carbamates (subject to hydrolysis) is 1. The van der Waals surface area contributed by atoms with Gasteiger partial charge in [-0.15, -0.1) is 11.8 Å². The first-order valence-corrected chi connectivity index (χ1v) is 7.88. The van der Waals surface area contributed by atoms with Crippen LogP contribution in [0.25, 0.3) is 0 Å². The Labute approximate surface area is 138 Å². The first-order chi connectivity index (χ1) is 10.6. The number of rotatable bonds is 6. The summed E-state index contributed by atoms with van der Waals surface area (Å²) in [5.41, 5.74) is -0.688. The van der Waals surface area contributed by atoms with Gasteiger partial charge < -0.3 is 14.8 Å². The molecule has 1 atom stereocenters. The highest BCUT2D eigenvalue weighted by atomic mass is 32.2. The molecule has 1 aliphatic heterocycles. The van der Waals surface area contributed by atoms with Crippen LogP contribution in [0, 0.1) is 0 Å². The van der Waals surface area contributed by atoms with Crippen LogP contribution in [0.5, 0.6) is 0 Å². The number of carbonyl (C=O) groups is 4. The van der Waals surface area contributed by atoms with E-state index in [-0.39, 0.29) is 11.3 Å². The van der Waals surface area contributed by atoms with E-state index >= 15 is 0 Å². The molecule has 23 heavy (non-hydrogen) atoms. The Morgan fingerprint density at radius 2 is 2.00 bits per heavy atom. The Morgan fingerprint density at radius 3 is 2.48 bits per heavy atom. The number of ether oxygens (including phenoxy) is 2. The lowest BCUT2D eigenvalue weighted by molar-refractivity contribution is -0.143. The van der Waals surface area contributed by atoms with Crippen LogP contribution in [0.4, 0.5) is 4.79 Å². The van der Waals surface area contributed by atoms with Crippen molar-refractivity contribution in [1.29, 1.82) is 0 Å². The van der Waals surface area contributed by atoms with Gasteiger partial charge in [0.2, 0.25) is 0 Å². The Hall–Kier alpha value is -2.03. The number of imide groups is 1. The smallest absolute Gasteiger partial charge is 0.408 e. The lowest BCUT2D eigenvalue weighted by Gasteiger charge is -2.22. The molecule has 1 aliphatic rings. The van der Waals surface area contributed by atoms with Crippen LogP contribution in [-0.4, -0.2) is 48.4 Å². The highest BCUT2D eigenvalue weighted by molar-refractivity contribution is 8.04. The zero-order chi connectivity index (χ0) is 17.6. The van der Waals surface area contributed by atoms with Gasteiger partial charge >= 0.3 is 12.1 Å². The van der Waals surface area contributed by atoms with E-state index in [1.807, 2.05) is 0 Å². The molecule has 2 N–H and O–H groups in total. The van der Waals surface area contributed by atoms with E-state index in [1.165, 1.54) is 13.2 Å². The van der Waals surface area contributed by atoms with Crippen LogP contribution >= 0.6 is 11.8 Å². The average molecular weight is 344 g/mol. The highest BCUT2D eigenvalue weighted by Gasteiger charge is 2.26. The molecule has 128 valence electrons. The van der Waals surface area contributed by atoms with Crippen molar-refractivity contribution >= 4 is 35.6 Å². The Kier molecular flexibility index (Phi) is 6.62. The molecule has 3 amide bonds. The molecule has 0 fully saturated rings. The number of methoxy groups -OCH3 is 1. The normalized spacial score (nSPS) is 15.6. The Morgan fingerprint density at radius 1 is 1.35 bits per heavy atom. The second kappa shape index (κ2) is 8.00. The summed E-state index contributed by atoms with van der Waals surface area (Å²) in [6, 6.07) is -0.900. The molecule has 1 unspecified atom stereocenters. The monoisotopic (exact) mass is 344 g/mol. The summed E-state index contributed by atoms with van der Waals surface area (Å²) in [5, 5.41) is 4.56. The molecule has 0 saturated heterocycles. The fourth-order valence-electron chi connectivity index (χ4n) is 1.63. The summed E-state index contributed by atoms with van der Waals surface area (Å²) in [7, 11) is 1.21. The van der Waals surface area contributed by atoms with Crippen molar-refractivity contribution in [3.8, 4) is 0 Å². The third-order valence-electron chi connectivity index (χ3n) is 2.56. The molecule has 0 aromatic heterocycles. The number of carbonyl (C=O) groups excluding carboxylic acids is 4. The average Bonchev–Trinajstić information content (AvgIpc) is 2.73. The summed E-state index contributed by atoms with van der Waals surface area (Å²) < 4.78 is 9.73. The van der Waals surface area contributed by atoms with E-state index in [2.05, 4.69) is 15.4 Å². The summed E-state index contributed by atoms with van der Waals surface area (Å²) in [5.74, 6) is -1.21.